The van der Waals surface area contributed by atoms with Crippen molar-refractivity contribution in [1.29, 1.82) is 0 Å². The van der Waals surface area contributed by atoms with Crippen LogP contribution in [0.1, 0.15) is 16.9 Å². The van der Waals surface area contributed by atoms with Crippen molar-refractivity contribution in [2.75, 3.05) is 0 Å². The molecule has 0 aliphatic heterocycles. The van der Waals surface area contributed by atoms with E-state index in [0.29, 0.717) is 0 Å². The Labute approximate surface area is 110 Å². The number of nitrogens with one attached hydrogen (secondary N) is 1. The van der Waals surface area contributed by atoms with Crippen LogP contribution in [-0.4, -0.2) is 48.7 Å². The summed E-state index contributed by atoms with van der Waals surface area (Å²) < 4.78 is 28.2. The first-order valence-electron chi connectivity index (χ1n) is 5.85. The van der Waals surface area contributed by atoms with Gasteiger partial charge in [0, 0.05) is 13.5 Å². The molecule has 2 aromatic heterocycles. The highest BCUT2D eigenvalue weighted by atomic mass is 19.2. The highest BCUT2D eigenvalue weighted by molar-refractivity contribution is 5.98. The second-order valence-electron chi connectivity index (χ2n) is 4.55. The fourth-order valence-electron chi connectivity index (χ4n) is 1.98. The van der Waals surface area contributed by atoms with E-state index in [1.165, 1.54) is 7.05 Å². The number of fused-ring (bicyclic) bond motifs is 1. The number of alkyl halides is 2. The van der Waals surface area contributed by atoms with E-state index in [4.69, 9.17) is 0 Å². The Bertz CT molecular complexity index is 733. The average Bonchev–Trinajstić information content (AvgIpc) is 2.85. The van der Waals surface area contributed by atoms with Gasteiger partial charge >= 0.3 is 5.69 Å². The first-order chi connectivity index (χ1) is 9.49. The van der Waals surface area contributed by atoms with Gasteiger partial charge in [-0.3, -0.25) is 4.79 Å². The van der Waals surface area contributed by atoms with Crippen LogP contribution in [0.2, 0.25) is 0 Å². The summed E-state index contributed by atoms with van der Waals surface area (Å²) in [4.78, 5) is 27.4. The van der Waals surface area contributed by atoms with E-state index < -0.39 is 30.0 Å². The van der Waals surface area contributed by atoms with Gasteiger partial charge in [-0.05, 0) is 0 Å². The fourth-order valence-corrected chi connectivity index (χ4v) is 1.98. The number of carbonyl (C=O) groups is 1. The Kier molecular flexibility index (Phi) is 2.73. The molecule has 0 spiro atoms. The molecule has 2 unspecified atom stereocenters. The second-order valence-corrected chi connectivity index (χ2v) is 4.55. The molecule has 3 rings (SSSR count). The van der Waals surface area contributed by atoms with Crippen LogP contribution in [0.5, 0.6) is 0 Å². The molecule has 0 saturated heterocycles. The molecule has 2 aromatic rings. The third kappa shape index (κ3) is 1.75. The third-order valence-electron chi connectivity index (χ3n) is 3.24. The molecule has 1 fully saturated rings. The summed E-state index contributed by atoms with van der Waals surface area (Å²) in [6, 6.07) is -1.18. The summed E-state index contributed by atoms with van der Waals surface area (Å²) in [7, 11) is 1.39. The molecule has 1 amide bonds. The lowest BCUT2D eigenvalue weighted by Gasteiger charge is -2.34. The lowest BCUT2D eigenvalue weighted by Crippen LogP contribution is -2.56. The molecule has 0 radical (unpaired) electrons. The summed E-state index contributed by atoms with van der Waals surface area (Å²) in [5.74, 6) is -0.787. The third-order valence-corrected chi connectivity index (χ3v) is 3.24. The van der Waals surface area contributed by atoms with Gasteiger partial charge in [-0.15, -0.1) is 5.10 Å². The van der Waals surface area contributed by atoms with Crippen molar-refractivity contribution in [2.45, 2.75) is 24.8 Å². The molecule has 106 valence electrons. The van der Waals surface area contributed by atoms with Gasteiger partial charge in [0.2, 0.25) is 0 Å². The second kappa shape index (κ2) is 4.32. The lowest BCUT2D eigenvalue weighted by molar-refractivity contribution is 0.0338. The van der Waals surface area contributed by atoms with Gasteiger partial charge in [0.25, 0.3) is 5.91 Å². The number of carbonyl (C=O) groups excluding carboxylic acids is 1. The molecule has 10 heteroatoms. The summed E-state index contributed by atoms with van der Waals surface area (Å²) in [6.45, 7) is 0. The maximum atomic E-state index is 13.1. The van der Waals surface area contributed by atoms with E-state index >= 15 is 0 Å². The van der Waals surface area contributed by atoms with Gasteiger partial charge in [-0.1, -0.05) is 5.21 Å². The molecular weight excluding hydrogens is 274 g/mol. The zero-order valence-corrected chi connectivity index (χ0v) is 10.3. The molecule has 2 atom stereocenters. The molecular formula is C10H10F2N6O2. The molecule has 20 heavy (non-hydrogen) atoms. The van der Waals surface area contributed by atoms with Crippen LogP contribution in [0, 0.1) is 0 Å². The molecule has 1 aliphatic carbocycles. The normalized spacial score (nSPS) is 25.4. The highest BCUT2D eigenvalue weighted by Crippen LogP contribution is 2.27. The fraction of sp³-hybridized carbons (Fsp3) is 0.500. The highest BCUT2D eigenvalue weighted by Gasteiger charge is 2.43. The van der Waals surface area contributed by atoms with E-state index in [1.807, 2.05) is 0 Å². The molecule has 2 heterocycles. The number of nitrogens with zero attached hydrogens (tertiary/aromatic N) is 5. The van der Waals surface area contributed by atoms with Crippen molar-refractivity contribution in [1.82, 2.24) is 29.7 Å². The lowest BCUT2D eigenvalue weighted by atomic mass is 9.88. The van der Waals surface area contributed by atoms with Crippen molar-refractivity contribution in [3.63, 3.8) is 0 Å². The zero-order valence-electron chi connectivity index (χ0n) is 10.3. The van der Waals surface area contributed by atoms with Crippen molar-refractivity contribution in [3.8, 4) is 0 Å². The summed E-state index contributed by atoms with van der Waals surface area (Å²) in [5, 5.41) is 9.41. The maximum Gasteiger partial charge on any atom is 0.352 e. The quantitative estimate of drug-likeness (QED) is 0.763. The Morgan fingerprint density at radius 1 is 1.45 bits per heavy atom. The van der Waals surface area contributed by atoms with Crippen LogP contribution in [0.4, 0.5) is 8.78 Å². The Morgan fingerprint density at radius 3 is 2.80 bits per heavy atom. The van der Waals surface area contributed by atoms with Crippen LogP contribution in [-0.2, 0) is 7.05 Å². The zero-order chi connectivity index (χ0) is 14.4. The van der Waals surface area contributed by atoms with Crippen molar-refractivity contribution < 1.29 is 13.6 Å². The van der Waals surface area contributed by atoms with Gasteiger partial charge in [-0.2, -0.15) is 4.68 Å². The van der Waals surface area contributed by atoms with Crippen molar-refractivity contribution >= 4 is 11.6 Å². The van der Waals surface area contributed by atoms with Gasteiger partial charge in [0.05, 0.1) is 6.04 Å². The number of halogens is 2. The van der Waals surface area contributed by atoms with Crippen LogP contribution in [0.25, 0.3) is 5.65 Å². The minimum atomic E-state index is -1.42. The van der Waals surface area contributed by atoms with E-state index in [0.717, 1.165) is 15.4 Å². The van der Waals surface area contributed by atoms with E-state index in [-0.39, 0.29) is 17.8 Å². The summed E-state index contributed by atoms with van der Waals surface area (Å²) in [5.41, 5.74) is -0.783. The predicted octanol–water partition coefficient (Wildman–Crippen LogP) is -0.999. The van der Waals surface area contributed by atoms with E-state index in [1.54, 1.807) is 0 Å². The molecule has 1 N–H and O–H groups in total. The van der Waals surface area contributed by atoms with Crippen molar-refractivity contribution in [3.05, 3.63) is 22.5 Å². The molecule has 1 saturated carbocycles. The predicted molar refractivity (Wildman–Crippen MR) is 61.7 cm³/mol. The maximum absolute atomic E-state index is 13.1. The summed E-state index contributed by atoms with van der Waals surface area (Å²) in [6.07, 6.45) is -1.94. The SMILES string of the molecule is Cn1nnc2c(C(=O)NC3C(F)CC3F)ncn2c1=O. The molecule has 0 bridgehead atoms. The van der Waals surface area contributed by atoms with Crippen LogP contribution < -0.4 is 11.0 Å². The van der Waals surface area contributed by atoms with Crippen LogP contribution >= 0.6 is 0 Å². The number of hydrogen-bond acceptors (Lipinski definition) is 5. The number of aryl methyl sites for hydroxylation is 1. The number of rotatable bonds is 2. The van der Waals surface area contributed by atoms with Crippen LogP contribution in [0.15, 0.2) is 11.1 Å². The minimum Gasteiger partial charge on any atom is -0.342 e. The number of imidazole rings is 1. The largest absolute Gasteiger partial charge is 0.352 e. The summed E-state index contributed by atoms with van der Waals surface area (Å²) >= 11 is 0. The Morgan fingerprint density at radius 2 is 2.15 bits per heavy atom. The van der Waals surface area contributed by atoms with Crippen LogP contribution in [0.3, 0.4) is 0 Å². The number of aromatic nitrogens is 5. The first-order valence-corrected chi connectivity index (χ1v) is 5.85. The van der Waals surface area contributed by atoms with Gasteiger partial charge in [0.15, 0.2) is 11.3 Å². The van der Waals surface area contributed by atoms with Gasteiger partial charge in [-0.25, -0.2) is 23.0 Å². The van der Waals surface area contributed by atoms with E-state index in [2.05, 4.69) is 20.6 Å². The first kappa shape index (κ1) is 12.6. The topological polar surface area (TPSA) is 94.2 Å². The standard InChI is InChI=1S/C10H10F2N6O2/c1-17-10(20)18-3-13-7(8(18)15-16-17)9(19)14-6-4(11)2-5(6)12/h3-6H,2H2,1H3,(H,14,19). The smallest absolute Gasteiger partial charge is 0.342 e. The monoisotopic (exact) mass is 284 g/mol. The van der Waals surface area contributed by atoms with Crippen molar-refractivity contribution in [2.24, 2.45) is 7.05 Å². The number of hydrogen-bond donors (Lipinski definition) is 1. The van der Waals surface area contributed by atoms with E-state index in [9.17, 15) is 18.4 Å². The van der Waals surface area contributed by atoms with Gasteiger partial charge in [0.1, 0.15) is 18.7 Å². The Balaban J connectivity index is 1.93. The molecule has 8 nitrogen and oxygen atoms in total. The minimum absolute atomic E-state index is 0.0595. The molecule has 1 aliphatic rings. The average molecular weight is 284 g/mol. The van der Waals surface area contributed by atoms with Gasteiger partial charge < -0.3 is 5.32 Å². The molecule has 0 aromatic carbocycles. The Hall–Kier alpha value is -2.39. The number of amides is 1.